The largest absolute Gasteiger partial charge is 0.493 e. The second kappa shape index (κ2) is 14.1. The van der Waals surface area contributed by atoms with E-state index >= 15 is 0 Å². The highest BCUT2D eigenvalue weighted by atomic mass is 16.5. The molecule has 43 heavy (non-hydrogen) atoms. The van der Waals surface area contributed by atoms with Crippen molar-refractivity contribution in [1.29, 1.82) is 0 Å². The molecule has 0 bridgehead atoms. The Morgan fingerprint density at radius 2 is 1.70 bits per heavy atom. The van der Waals surface area contributed by atoms with E-state index in [1.54, 1.807) is 49.7 Å². The van der Waals surface area contributed by atoms with Gasteiger partial charge in [-0.1, -0.05) is 68.3 Å². The summed E-state index contributed by atoms with van der Waals surface area (Å²) >= 11 is 0. The van der Waals surface area contributed by atoms with Gasteiger partial charge in [0.25, 0.3) is 11.8 Å². The lowest BCUT2D eigenvalue weighted by molar-refractivity contribution is 0.0941. The Kier molecular flexibility index (Phi) is 9.59. The van der Waals surface area contributed by atoms with Crippen LogP contribution in [0.1, 0.15) is 64.2 Å². The number of nitrogens with one attached hydrogen (secondary N) is 2. The van der Waals surface area contributed by atoms with E-state index in [0.717, 1.165) is 35.9 Å². The second-order valence-corrected chi connectivity index (χ2v) is 10.0. The Balaban J connectivity index is 1.33. The summed E-state index contributed by atoms with van der Waals surface area (Å²) in [5.74, 6) is 0.345. The van der Waals surface area contributed by atoms with Gasteiger partial charge in [-0.05, 0) is 54.4 Å². The van der Waals surface area contributed by atoms with Gasteiger partial charge in [-0.2, -0.15) is 0 Å². The Labute approximate surface area is 251 Å². The zero-order valence-electron chi connectivity index (χ0n) is 24.2. The highest BCUT2D eigenvalue weighted by Crippen LogP contribution is 2.32. The lowest BCUT2D eigenvalue weighted by Crippen LogP contribution is -2.30. The number of unbranched alkanes of at least 4 members (excludes halogenated alkanes) is 2. The van der Waals surface area contributed by atoms with Crippen molar-refractivity contribution in [3.63, 3.8) is 0 Å². The van der Waals surface area contributed by atoms with E-state index in [2.05, 4.69) is 27.5 Å². The van der Waals surface area contributed by atoms with E-state index in [1.807, 2.05) is 54.6 Å². The number of ether oxygens (including phenoxy) is 2. The minimum atomic E-state index is -0.416. The lowest BCUT2D eigenvalue weighted by atomic mass is 10.0. The third-order valence-corrected chi connectivity index (χ3v) is 7.03. The average Bonchev–Trinajstić information content (AvgIpc) is 3.06. The average molecular weight is 575 g/mol. The topological polar surface area (TPSA) is 102 Å². The zero-order chi connectivity index (χ0) is 30.0. The molecule has 2 amide bonds. The molecule has 0 saturated carbocycles. The molecule has 0 spiro atoms. The summed E-state index contributed by atoms with van der Waals surface area (Å²) < 4.78 is 11.4. The molecule has 2 heterocycles. The van der Waals surface area contributed by atoms with Crippen LogP contribution >= 0.6 is 0 Å². The van der Waals surface area contributed by atoms with Crippen molar-refractivity contribution in [2.24, 2.45) is 0 Å². The van der Waals surface area contributed by atoms with Crippen LogP contribution in [0.2, 0.25) is 0 Å². The predicted octanol–water partition coefficient (Wildman–Crippen LogP) is 6.98. The minimum Gasteiger partial charge on any atom is -0.493 e. The smallest absolute Gasteiger partial charge is 0.259 e. The third kappa shape index (κ3) is 7.16. The number of carbonyl (C=O) groups is 2. The summed E-state index contributed by atoms with van der Waals surface area (Å²) in [6, 6.07) is 27.4. The highest BCUT2D eigenvalue weighted by Gasteiger charge is 2.20. The van der Waals surface area contributed by atoms with Gasteiger partial charge in [0, 0.05) is 23.5 Å². The second-order valence-electron chi connectivity index (χ2n) is 10.0. The number of hydrogen-bond acceptors (Lipinski definition) is 6. The van der Waals surface area contributed by atoms with Gasteiger partial charge < -0.3 is 20.1 Å². The number of aromatic nitrogens is 2. The van der Waals surface area contributed by atoms with Crippen molar-refractivity contribution in [1.82, 2.24) is 15.3 Å². The van der Waals surface area contributed by atoms with E-state index in [1.165, 1.54) is 6.20 Å². The number of benzene rings is 3. The van der Waals surface area contributed by atoms with Gasteiger partial charge in [0.05, 0.1) is 42.1 Å². The van der Waals surface area contributed by atoms with Crippen LogP contribution < -0.4 is 20.1 Å². The molecule has 218 valence electrons. The quantitative estimate of drug-likeness (QED) is 0.156. The van der Waals surface area contributed by atoms with Gasteiger partial charge in [0.2, 0.25) is 0 Å². The standard InChI is InChI=1S/C35H34N4O4/c1-3-4-10-20-43-33-28(14-11-16-31(33)42-2)35(41)38-27-18-17-25-21-26(23-37-30(25)22-27)34(40)39-32(24-12-6-5-7-13-24)29-15-8-9-19-36-29/h5-9,11-19,21-23,32H,3-4,10,20H2,1-2H3,(H,38,41)(H,39,40). The number of hydrogen-bond donors (Lipinski definition) is 2. The molecular weight excluding hydrogens is 540 g/mol. The molecule has 8 heteroatoms. The molecule has 2 N–H and O–H groups in total. The van der Waals surface area contributed by atoms with Gasteiger partial charge in [-0.3, -0.25) is 19.6 Å². The monoisotopic (exact) mass is 574 g/mol. The Bertz CT molecular complexity index is 1650. The normalized spacial score (nSPS) is 11.5. The number of anilines is 1. The molecule has 0 aliphatic carbocycles. The van der Waals surface area contributed by atoms with Crippen LogP contribution in [-0.2, 0) is 0 Å². The van der Waals surface area contributed by atoms with Gasteiger partial charge in [0.15, 0.2) is 11.5 Å². The number of methoxy groups -OCH3 is 1. The summed E-state index contributed by atoms with van der Waals surface area (Å²) in [7, 11) is 1.56. The van der Waals surface area contributed by atoms with Gasteiger partial charge in [-0.25, -0.2) is 0 Å². The van der Waals surface area contributed by atoms with Crippen LogP contribution in [-0.4, -0.2) is 35.5 Å². The van der Waals surface area contributed by atoms with Crippen LogP contribution in [0.25, 0.3) is 10.9 Å². The number of carbonyl (C=O) groups excluding carboxylic acids is 2. The fraction of sp³-hybridized carbons (Fsp3) is 0.200. The van der Waals surface area contributed by atoms with Crippen LogP contribution in [0.4, 0.5) is 5.69 Å². The predicted molar refractivity (Wildman–Crippen MR) is 168 cm³/mol. The summed E-state index contributed by atoms with van der Waals surface area (Å²) in [5, 5.41) is 6.81. The fourth-order valence-electron chi connectivity index (χ4n) is 4.79. The highest BCUT2D eigenvalue weighted by molar-refractivity contribution is 6.07. The maximum Gasteiger partial charge on any atom is 0.259 e. The van der Waals surface area contributed by atoms with E-state index < -0.39 is 6.04 Å². The maximum atomic E-state index is 13.4. The van der Waals surface area contributed by atoms with Crippen molar-refractivity contribution in [2.45, 2.75) is 32.2 Å². The van der Waals surface area contributed by atoms with Crippen LogP contribution in [0, 0.1) is 0 Å². The van der Waals surface area contributed by atoms with Gasteiger partial charge >= 0.3 is 0 Å². The van der Waals surface area contributed by atoms with Crippen molar-refractivity contribution in [3.05, 3.63) is 126 Å². The molecule has 1 unspecified atom stereocenters. The molecule has 8 nitrogen and oxygen atoms in total. The molecular formula is C35H34N4O4. The molecule has 0 aliphatic heterocycles. The Morgan fingerprint density at radius 3 is 2.47 bits per heavy atom. The van der Waals surface area contributed by atoms with Crippen molar-refractivity contribution in [3.8, 4) is 11.5 Å². The molecule has 0 saturated heterocycles. The van der Waals surface area contributed by atoms with Crippen LogP contribution in [0.5, 0.6) is 11.5 Å². The zero-order valence-corrected chi connectivity index (χ0v) is 24.2. The molecule has 5 aromatic rings. The Hall–Kier alpha value is -5.24. The van der Waals surface area contributed by atoms with Crippen molar-refractivity contribution >= 4 is 28.4 Å². The first-order valence-corrected chi connectivity index (χ1v) is 14.3. The van der Waals surface area contributed by atoms with Crippen molar-refractivity contribution in [2.75, 3.05) is 19.0 Å². The first kappa shape index (κ1) is 29.3. The number of nitrogens with zero attached hydrogens (tertiary/aromatic N) is 2. The first-order chi connectivity index (χ1) is 21.1. The summed E-state index contributed by atoms with van der Waals surface area (Å²) in [6.45, 7) is 2.62. The molecule has 0 fully saturated rings. The molecule has 5 rings (SSSR count). The van der Waals surface area contributed by atoms with Gasteiger partial charge in [-0.15, -0.1) is 0 Å². The van der Waals surface area contributed by atoms with Crippen LogP contribution in [0.15, 0.2) is 103 Å². The van der Waals surface area contributed by atoms with E-state index in [-0.39, 0.29) is 11.8 Å². The molecule has 0 radical (unpaired) electrons. The molecule has 2 aromatic heterocycles. The third-order valence-electron chi connectivity index (χ3n) is 7.03. The first-order valence-electron chi connectivity index (χ1n) is 14.3. The number of fused-ring (bicyclic) bond motifs is 1. The summed E-state index contributed by atoms with van der Waals surface area (Å²) in [5.41, 5.74) is 3.68. The maximum absolute atomic E-state index is 13.4. The molecule has 3 aromatic carbocycles. The van der Waals surface area contributed by atoms with Crippen molar-refractivity contribution < 1.29 is 19.1 Å². The summed E-state index contributed by atoms with van der Waals surface area (Å²) in [6.07, 6.45) is 6.25. The number of amides is 2. The number of para-hydroxylation sites is 1. The fourth-order valence-corrected chi connectivity index (χ4v) is 4.79. The molecule has 1 atom stereocenters. The van der Waals surface area contributed by atoms with E-state index in [9.17, 15) is 9.59 Å². The van der Waals surface area contributed by atoms with E-state index in [0.29, 0.717) is 40.4 Å². The van der Waals surface area contributed by atoms with Crippen LogP contribution in [0.3, 0.4) is 0 Å². The Morgan fingerprint density at radius 1 is 0.860 bits per heavy atom. The minimum absolute atomic E-state index is 0.268. The lowest BCUT2D eigenvalue weighted by Gasteiger charge is -2.19. The number of pyridine rings is 2. The molecule has 0 aliphatic rings. The SMILES string of the molecule is CCCCCOc1c(OC)cccc1C(=O)Nc1ccc2cc(C(=O)NC(c3ccccc3)c3ccccn3)cnc2c1. The van der Waals surface area contributed by atoms with E-state index in [4.69, 9.17) is 9.47 Å². The number of rotatable bonds is 12. The summed E-state index contributed by atoms with van der Waals surface area (Å²) in [4.78, 5) is 35.6. The van der Waals surface area contributed by atoms with Gasteiger partial charge in [0.1, 0.15) is 0 Å².